The van der Waals surface area contributed by atoms with Crippen LogP contribution < -0.4 is 10.6 Å². The molecule has 0 aliphatic heterocycles. The number of halogens is 3. The van der Waals surface area contributed by atoms with Crippen LogP contribution >= 0.6 is 0 Å². The minimum Gasteiger partial charge on any atom is -0.372 e. The Balaban J connectivity index is 2.09. The fraction of sp³-hybridized carbons (Fsp3) is 0.733. The molecule has 0 atom stereocenters. The predicted molar refractivity (Wildman–Crippen MR) is 87.2 cm³/mol. The Kier molecular flexibility index (Phi) is 8.59. The van der Waals surface area contributed by atoms with Crippen molar-refractivity contribution in [2.45, 2.75) is 39.4 Å². The van der Waals surface area contributed by atoms with Gasteiger partial charge in [-0.3, -0.25) is 9.67 Å². The van der Waals surface area contributed by atoms with Gasteiger partial charge in [0.05, 0.1) is 5.69 Å². The summed E-state index contributed by atoms with van der Waals surface area (Å²) >= 11 is 0. The number of hydrogen-bond donors (Lipinski definition) is 2. The van der Waals surface area contributed by atoms with Gasteiger partial charge in [0.1, 0.15) is 6.61 Å². The summed E-state index contributed by atoms with van der Waals surface area (Å²) in [5.74, 6) is 0.624. The molecule has 6 nitrogen and oxygen atoms in total. The predicted octanol–water partition coefficient (Wildman–Crippen LogP) is 2.02. The second-order valence-corrected chi connectivity index (χ2v) is 5.45. The lowest BCUT2D eigenvalue weighted by molar-refractivity contribution is -0.173. The van der Waals surface area contributed by atoms with Crippen molar-refractivity contribution in [1.82, 2.24) is 20.4 Å². The van der Waals surface area contributed by atoms with Crippen molar-refractivity contribution in [3.8, 4) is 0 Å². The summed E-state index contributed by atoms with van der Waals surface area (Å²) in [6, 6.07) is 2.04. The average molecular weight is 349 g/mol. The van der Waals surface area contributed by atoms with Gasteiger partial charge in [0.15, 0.2) is 5.96 Å². The van der Waals surface area contributed by atoms with Crippen LogP contribution in [0.3, 0.4) is 0 Å². The number of aromatic nitrogens is 2. The number of aryl methyl sites for hydroxylation is 3. The molecule has 1 heterocycles. The first-order valence-corrected chi connectivity index (χ1v) is 7.92. The summed E-state index contributed by atoms with van der Waals surface area (Å²) < 4.78 is 42.2. The first-order chi connectivity index (χ1) is 11.3. The van der Waals surface area contributed by atoms with E-state index in [4.69, 9.17) is 0 Å². The van der Waals surface area contributed by atoms with Gasteiger partial charge in [0.2, 0.25) is 0 Å². The lowest BCUT2D eigenvalue weighted by Crippen LogP contribution is -2.38. The second kappa shape index (κ2) is 10.2. The van der Waals surface area contributed by atoms with Crippen molar-refractivity contribution < 1.29 is 17.9 Å². The number of rotatable bonds is 9. The molecular formula is C15H26F3N5O. The van der Waals surface area contributed by atoms with Crippen LogP contribution in [-0.4, -0.2) is 55.3 Å². The highest BCUT2D eigenvalue weighted by Gasteiger charge is 2.27. The third kappa shape index (κ3) is 8.76. The Morgan fingerprint density at radius 3 is 2.46 bits per heavy atom. The van der Waals surface area contributed by atoms with Crippen LogP contribution in [0.25, 0.3) is 0 Å². The van der Waals surface area contributed by atoms with Crippen LogP contribution in [0.15, 0.2) is 11.1 Å². The Labute approximate surface area is 140 Å². The van der Waals surface area contributed by atoms with Crippen LogP contribution in [0.4, 0.5) is 13.2 Å². The van der Waals surface area contributed by atoms with E-state index < -0.39 is 12.8 Å². The van der Waals surface area contributed by atoms with Gasteiger partial charge in [-0.05, 0) is 32.8 Å². The monoisotopic (exact) mass is 349 g/mol. The van der Waals surface area contributed by atoms with E-state index in [2.05, 4.69) is 25.5 Å². The number of aliphatic imine (C=N–C) groups is 1. The molecule has 1 aromatic rings. The highest BCUT2D eigenvalue weighted by atomic mass is 19.4. The Hall–Kier alpha value is -1.77. The quantitative estimate of drug-likeness (QED) is 0.407. The standard InChI is InChI=1S/C15H26F3N5O/c1-12-10-13(2)23(22-12)8-4-6-20-14(19-3)21-7-5-9-24-11-15(16,17)18/h10H,4-9,11H2,1-3H3,(H2,19,20,21). The average Bonchev–Trinajstić information content (AvgIpc) is 2.81. The molecule has 1 aromatic heterocycles. The molecule has 0 aliphatic rings. The molecule has 0 unspecified atom stereocenters. The van der Waals surface area contributed by atoms with E-state index in [9.17, 15) is 13.2 Å². The SMILES string of the molecule is CN=C(NCCCOCC(F)(F)F)NCCCn1nc(C)cc1C. The van der Waals surface area contributed by atoms with Crippen LogP contribution in [0.5, 0.6) is 0 Å². The molecular weight excluding hydrogens is 323 g/mol. The summed E-state index contributed by atoms with van der Waals surface area (Å²) in [7, 11) is 1.65. The molecule has 0 spiro atoms. The smallest absolute Gasteiger partial charge is 0.372 e. The van der Waals surface area contributed by atoms with Crippen molar-refractivity contribution in [2.75, 3.05) is 33.4 Å². The minimum absolute atomic E-state index is 0.0570. The van der Waals surface area contributed by atoms with Gasteiger partial charge in [-0.1, -0.05) is 0 Å². The third-order valence-electron chi connectivity index (χ3n) is 3.19. The van der Waals surface area contributed by atoms with Gasteiger partial charge in [-0.15, -0.1) is 0 Å². The largest absolute Gasteiger partial charge is 0.411 e. The van der Waals surface area contributed by atoms with Gasteiger partial charge in [0, 0.05) is 39.0 Å². The van der Waals surface area contributed by atoms with Gasteiger partial charge in [-0.25, -0.2) is 0 Å². The van der Waals surface area contributed by atoms with Crippen LogP contribution in [0.2, 0.25) is 0 Å². The zero-order valence-corrected chi connectivity index (χ0v) is 14.4. The maximum absolute atomic E-state index is 11.9. The lowest BCUT2D eigenvalue weighted by atomic mass is 10.4. The summed E-state index contributed by atoms with van der Waals surface area (Å²) in [5, 5.41) is 10.6. The summed E-state index contributed by atoms with van der Waals surface area (Å²) in [6.45, 7) is 4.88. The Morgan fingerprint density at radius 2 is 1.92 bits per heavy atom. The maximum atomic E-state index is 11.9. The number of nitrogens with one attached hydrogen (secondary N) is 2. The number of guanidine groups is 1. The topological polar surface area (TPSA) is 63.5 Å². The van der Waals surface area contributed by atoms with E-state index in [0.717, 1.165) is 30.9 Å². The number of ether oxygens (including phenoxy) is 1. The summed E-state index contributed by atoms with van der Waals surface area (Å²) in [4.78, 5) is 4.06. The Bertz CT molecular complexity index is 514. The highest BCUT2D eigenvalue weighted by molar-refractivity contribution is 5.79. The number of hydrogen-bond acceptors (Lipinski definition) is 3. The second-order valence-electron chi connectivity index (χ2n) is 5.45. The molecule has 24 heavy (non-hydrogen) atoms. The molecule has 0 fully saturated rings. The maximum Gasteiger partial charge on any atom is 0.411 e. The molecule has 9 heteroatoms. The van der Waals surface area contributed by atoms with Gasteiger partial charge in [-0.2, -0.15) is 18.3 Å². The molecule has 1 rings (SSSR count). The van der Waals surface area contributed by atoms with Crippen molar-refractivity contribution in [1.29, 1.82) is 0 Å². The fourth-order valence-electron chi connectivity index (χ4n) is 2.13. The van der Waals surface area contributed by atoms with E-state index in [1.165, 1.54) is 0 Å². The number of alkyl halides is 3. The first kappa shape index (κ1) is 20.3. The van der Waals surface area contributed by atoms with E-state index in [0.29, 0.717) is 18.9 Å². The molecule has 2 N–H and O–H groups in total. The number of nitrogens with zero attached hydrogens (tertiary/aromatic N) is 3. The zero-order chi connectivity index (χ0) is 18.0. The van der Waals surface area contributed by atoms with Gasteiger partial charge in [0.25, 0.3) is 0 Å². The summed E-state index contributed by atoms with van der Waals surface area (Å²) in [6.07, 6.45) is -2.91. The first-order valence-electron chi connectivity index (χ1n) is 7.92. The zero-order valence-electron chi connectivity index (χ0n) is 14.4. The molecule has 0 aliphatic carbocycles. The minimum atomic E-state index is -4.27. The van der Waals surface area contributed by atoms with E-state index in [-0.39, 0.29) is 6.61 Å². The Morgan fingerprint density at radius 1 is 1.25 bits per heavy atom. The highest BCUT2D eigenvalue weighted by Crippen LogP contribution is 2.14. The van der Waals surface area contributed by atoms with E-state index >= 15 is 0 Å². The molecule has 0 aromatic carbocycles. The van der Waals surface area contributed by atoms with Crippen LogP contribution in [-0.2, 0) is 11.3 Å². The molecule has 0 radical (unpaired) electrons. The lowest BCUT2D eigenvalue weighted by Gasteiger charge is -2.12. The van der Waals surface area contributed by atoms with E-state index in [1.807, 2.05) is 24.6 Å². The van der Waals surface area contributed by atoms with Crippen LogP contribution in [0, 0.1) is 13.8 Å². The van der Waals surface area contributed by atoms with Crippen LogP contribution in [0.1, 0.15) is 24.2 Å². The summed E-state index contributed by atoms with van der Waals surface area (Å²) in [5.41, 5.74) is 2.14. The third-order valence-corrected chi connectivity index (χ3v) is 3.19. The molecule has 0 amide bonds. The van der Waals surface area contributed by atoms with Crippen molar-refractivity contribution in [2.24, 2.45) is 4.99 Å². The molecule has 0 saturated carbocycles. The van der Waals surface area contributed by atoms with Gasteiger partial charge < -0.3 is 15.4 Å². The van der Waals surface area contributed by atoms with E-state index in [1.54, 1.807) is 7.05 Å². The van der Waals surface area contributed by atoms with Gasteiger partial charge >= 0.3 is 6.18 Å². The normalized spacial score (nSPS) is 12.5. The molecule has 138 valence electrons. The van der Waals surface area contributed by atoms with Crippen molar-refractivity contribution in [3.63, 3.8) is 0 Å². The van der Waals surface area contributed by atoms with Crippen molar-refractivity contribution >= 4 is 5.96 Å². The molecule has 0 bridgehead atoms. The molecule has 0 saturated heterocycles. The fourth-order valence-corrected chi connectivity index (χ4v) is 2.13. The van der Waals surface area contributed by atoms with Crippen molar-refractivity contribution in [3.05, 3.63) is 17.5 Å².